The van der Waals surface area contributed by atoms with Gasteiger partial charge in [0.05, 0.1) is 5.60 Å². The zero-order valence-corrected chi connectivity index (χ0v) is 9.55. The van der Waals surface area contributed by atoms with Crippen LogP contribution in [0.15, 0.2) is 0 Å². The molecule has 0 saturated heterocycles. The van der Waals surface area contributed by atoms with Crippen molar-refractivity contribution in [2.45, 2.75) is 59.1 Å². The maximum Gasteiger partial charge on any atom is 0.0813 e. The van der Waals surface area contributed by atoms with Crippen LogP contribution >= 0.6 is 0 Å². The van der Waals surface area contributed by atoms with Crippen molar-refractivity contribution in [3.63, 3.8) is 0 Å². The smallest absolute Gasteiger partial charge is 0.0813 e. The Labute approximate surface area is 82.0 Å². The molecule has 2 heteroatoms. The molecule has 0 aliphatic heterocycles. The van der Waals surface area contributed by atoms with Crippen LogP contribution in [-0.4, -0.2) is 11.6 Å². The summed E-state index contributed by atoms with van der Waals surface area (Å²) in [6.45, 7) is 10.8. The highest BCUT2D eigenvalue weighted by molar-refractivity contribution is 4.84. The fourth-order valence-electron chi connectivity index (χ4n) is 1.56. The average molecular weight is 185 g/mol. The summed E-state index contributed by atoms with van der Waals surface area (Å²) in [5.74, 6) is 1.73. The number of hydrogen-bond acceptors (Lipinski definition) is 2. The minimum atomic E-state index is -0.0666. The van der Waals surface area contributed by atoms with Crippen LogP contribution in [-0.2, 0) is 4.84 Å². The third kappa shape index (κ3) is 3.65. The summed E-state index contributed by atoms with van der Waals surface area (Å²) in [5.41, 5.74) is 3.08. The highest BCUT2D eigenvalue weighted by Crippen LogP contribution is 2.33. The molecule has 1 N–H and O–H groups in total. The van der Waals surface area contributed by atoms with Gasteiger partial charge in [-0.15, -0.1) is 0 Å². The maximum absolute atomic E-state index is 5.51. The molecule has 0 aromatic heterocycles. The van der Waals surface area contributed by atoms with Crippen LogP contribution in [0.5, 0.6) is 0 Å². The lowest BCUT2D eigenvalue weighted by atomic mass is 9.74. The van der Waals surface area contributed by atoms with Gasteiger partial charge in [0.1, 0.15) is 0 Å². The fourth-order valence-corrected chi connectivity index (χ4v) is 1.56. The number of hydrogen-bond donors (Lipinski definition) is 1. The van der Waals surface area contributed by atoms with Gasteiger partial charge >= 0.3 is 0 Å². The molecule has 0 radical (unpaired) electrons. The molecule has 13 heavy (non-hydrogen) atoms. The molecule has 0 aromatic rings. The molecule has 0 amide bonds. The van der Waals surface area contributed by atoms with Gasteiger partial charge in [0.25, 0.3) is 0 Å². The van der Waals surface area contributed by atoms with Gasteiger partial charge < -0.3 is 0 Å². The van der Waals surface area contributed by atoms with Crippen molar-refractivity contribution in [2.24, 2.45) is 11.8 Å². The largest absolute Gasteiger partial charge is 0.296 e. The van der Waals surface area contributed by atoms with Crippen molar-refractivity contribution in [2.75, 3.05) is 0 Å². The third-order valence-corrected chi connectivity index (χ3v) is 2.65. The summed E-state index contributed by atoms with van der Waals surface area (Å²) in [6, 6.07) is 0.589. The summed E-state index contributed by atoms with van der Waals surface area (Å²) < 4.78 is 0. The van der Waals surface area contributed by atoms with Crippen molar-refractivity contribution in [1.29, 1.82) is 0 Å². The summed E-state index contributed by atoms with van der Waals surface area (Å²) in [5, 5.41) is 0. The van der Waals surface area contributed by atoms with Crippen molar-refractivity contribution in [3.05, 3.63) is 0 Å². The predicted octanol–water partition coefficient (Wildman–Crippen LogP) is 2.74. The minimum Gasteiger partial charge on any atom is -0.296 e. The molecule has 0 heterocycles. The lowest BCUT2D eigenvalue weighted by Crippen LogP contribution is -2.45. The van der Waals surface area contributed by atoms with Crippen LogP contribution in [0, 0.1) is 11.8 Å². The van der Waals surface area contributed by atoms with E-state index in [0.29, 0.717) is 6.04 Å². The molecule has 2 nitrogen and oxygen atoms in total. The molecule has 0 bridgehead atoms. The van der Waals surface area contributed by atoms with Gasteiger partial charge in [-0.25, -0.2) is 0 Å². The van der Waals surface area contributed by atoms with Gasteiger partial charge in [0.15, 0.2) is 0 Å². The molecule has 0 spiro atoms. The Kier molecular flexibility index (Phi) is 3.36. The second-order valence-corrected chi connectivity index (χ2v) is 5.50. The van der Waals surface area contributed by atoms with E-state index in [9.17, 15) is 0 Å². The van der Waals surface area contributed by atoms with Crippen LogP contribution in [0.2, 0.25) is 0 Å². The number of hydroxylamine groups is 1. The van der Waals surface area contributed by atoms with E-state index >= 15 is 0 Å². The fraction of sp³-hybridized carbons (Fsp3) is 1.00. The van der Waals surface area contributed by atoms with Crippen molar-refractivity contribution in [1.82, 2.24) is 5.48 Å². The van der Waals surface area contributed by atoms with Gasteiger partial charge in [-0.05, 0) is 45.4 Å². The van der Waals surface area contributed by atoms with Crippen molar-refractivity contribution in [3.8, 4) is 0 Å². The normalized spacial score (nSPS) is 29.1. The second-order valence-electron chi connectivity index (χ2n) is 5.50. The first-order valence-electron chi connectivity index (χ1n) is 5.32. The van der Waals surface area contributed by atoms with Gasteiger partial charge in [0.2, 0.25) is 0 Å². The predicted molar refractivity (Wildman–Crippen MR) is 55.3 cm³/mol. The standard InChI is InChI=1S/C11H23NO/c1-8(2)9-6-10(7-9)12-13-11(3,4)5/h8-10,12H,6-7H2,1-5H3. The lowest BCUT2D eigenvalue weighted by Gasteiger charge is -2.39. The first-order chi connectivity index (χ1) is 5.88. The Morgan fingerprint density at radius 1 is 1.23 bits per heavy atom. The van der Waals surface area contributed by atoms with Crippen LogP contribution < -0.4 is 5.48 Å². The highest BCUT2D eigenvalue weighted by atomic mass is 16.7. The molecular formula is C11H23NO. The monoisotopic (exact) mass is 185 g/mol. The minimum absolute atomic E-state index is 0.0666. The Hall–Kier alpha value is -0.0800. The van der Waals surface area contributed by atoms with Gasteiger partial charge in [0, 0.05) is 6.04 Å². The first kappa shape index (κ1) is 11.0. The number of nitrogens with one attached hydrogen (secondary N) is 1. The van der Waals surface area contributed by atoms with Gasteiger partial charge in [-0.3, -0.25) is 4.84 Å². The summed E-state index contributed by atoms with van der Waals surface area (Å²) in [7, 11) is 0. The van der Waals surface area contributed by atoms with Crippen LogP contribution in [0.4, 0.5) is 0 Å². The number of rotatable bonds is 3. The van der Waals surface area contributed by atoms with E-state index in [-0.39, 0.29) is 5.60 Å². The van der Waals surface area contributed by atoms with E-state index < -0.39 is 0 Å². The van der Waals surface area contributed by atoms with Crippen LogP contribution in [0.1, 0.15) is 47.5 Å². The zero-order chi connectivity index (χ0) is 10.1. The second kappa shape index (κ2) is 3.97. The molecule has 1 rings (SSSR count). The first-order valence-corrected chi connectivity index (χ1v) is 5.32. The van der Waals surface area contributed by atoms with E-state index in [1.165, 1.54) is 12.8 Å². The molecule has 1 saturated carbocycles. The molecular weight excluding hydrogens is 162 g/mol. The van der Waals surface area contributed by atoms with E-state index in [2.05, 4.69) is 40.1 Å². The van der Waals surface area contributed by atoms with Crippen LogP contribution in [0.3, 0.4) is 0 Å². The van der Waals surface area contributed by atoms with Crippen LogP contribution in [0.25, 0.3) is 0 Å². The molecule has 0 unspecified atom stereocenters. The van der Waals surface area contributed by atoms with E-state index in [0.717, 1.165) is 11.8 Å². The third-order valence-electron chi connectivity index (χ3n) is 2.65. The average Bonchev–Trinajstić information content (AvgIpc) is 1.79. The van der Waals surface area contributed by atoms with E-state index in [1.807, 2.05) is 0 Å². The van der Waals surface area contributed by atoms with Crippen molar-refractivity contribution < 1.29 is 4.84 Å². The van der Waals surface area contributed by atoms with E-state index in [1.54, 1.807) is 0 Å². The highest BCUT2D eigenvalue weighted by Gasteiger charge is 2.31. The van der Waals surface area contributed by atoms with Gasteiger partial charge in [-0.2, -0.15) is 5.48 Å². The maximum atomic E-state index is 5.51. The quantitative estimate of drug-likeness (QED) is 0.683. The topological polar surface area (TPSA) is 21.3 Å². The van der Waals surface area contributed by atoms with E-state index in [4.69, 9.17) is 4.84 Å². The lowest BCUT2D eigenvalue weighted by molar-refractivity contribution is -0.109. The Morgan fingerprint density at radius 3 is 2.15 bits per heavy atom. The molecule has 0 aromatic carbocycles. The van der Waals surface area contributed by atoms with Gasteiger partial charge in [-0.1, -0.05) is 13.8 Å². The Balaban J connectivity index is 2.09. The molecule has 1 fully saturated rings. The molecule has 0 atom stereocenters. The zero-order valence-electron chi connectivity index (χ0n) is 9.55. The molecule has 78 valence electrons. The molecule has 1 aliphatic rings. The SMILES string of the molecule is CC(C)C1CC(NOC(C)(C)C)C1. The summed E-state index contributed by atoms with van der Waals surface area (Å²) in [4.78, 5) is 5.51. The summed E-state index contributed by atoms with van der Waals surface area (Å²) in [6.07, 6.45) is 2.54. The van der Waals surface area contributed by atoms with Crippen molar-refractivity contribution >= 4 is 0 Å². The Bertz CT molecular complexity index is 154. The summed E-state index contributed by atoms with van der Waals surface area (Å²) >= 11 is 0. The molecule has 1 aliphatic carbocycles. The Morgan fingerprint density at radius 2 is 1.77 bits per heavy atom.